The molecule has 2 heterocycles. The lowest BCUT2D eigenvalue weighted by Gasteiger charge is -2.61. The highest BCUT2D eigenvalue weighted by molar-refractivity contribution is 5.76. The summed E-state index contributed by atoms with van der Waals surface area (Å²) in [6.45, 7) is 15.0. The molecule has 6 rings (SSSR count). The number of nitrogens with two attached hydrogens (primary N) is 1. The summed E-state index contributed by atoms with van der Waals surface area (Å²) >= 11 is 0. The molecule has 2 N–H and O–H groups in total. The third-order valence-electron chi connectivity index (χ3n) is 13.7. The molecular weight excluding hydrogens is 474 g/mol. The van der Waals surface area contributed by atoms with Gasteiger partial charge in [0, 0.05) is 12.3 Å². The Morgan fingerprint density at radius 2 is 1.76 bits per heavy atom. The highest BCUT2D eigenvalue weighted by Gasteiger charge is 2.69. The lowest BCUT2D eigenvalue weighted by Crippen LogP contribution is -2.55. The van der Waals surface area contributed by atoms with E-state index in [1.807, 2.05) is 6.92 Å². The number of hydrogen-bond donors (Lipinski definition) is 1. The average Bonchev–Trinajstić information content (AvgIpc) is 3.35. The van der Waals surface area contributed by atoms with Crippen molar-refractivity contribution in [2.24, 2.45) is 63.9 Å². The minimum absolute atomic E-state index is 0.0515. The second-order valence-corrected chi connectivity index (χ2v) is 15.4. The highest BCUT2D eigenvalue weighted by Crippen LogP contribution is 2.71. The molecule has 2 aliphatic heterocycles. The zero-order chi connectivity index (χ0) is 27.0. The van der Waals surface area contributed by atoms with Gasteiger partial charge in [0.2, 0.25) is 0 Å². The maximum absolute atomic E-state index is 12.7. The molecule has 1 spiro atoms. The van der Waals surface area contributed by atoms with Gasteiger partial charge in [-0.25, -0.2) is 0 Å². The summed E-state index contributed by atoms with van der Waals surface area (Å²) in [4.78, 5) is 12.7. The minimum atomic E-state index is -0.493. The average molecular weight is 530 g/mol. The summed E-state index contributed by atoms with van der Waals surface area (Å²) in [5.41, 5.74) is 6.96. The Hall–Kier alpha value is -0.650. The SMILES string of the molecule is CCC(C)C(N)C(=O)O[C@@H]1CC[C@@]2(C)C(CCC3C2CC[C@@]2(C)C3CC3O[C@]4(CC[C@H](C)CO4)C(C)C32)C1. The van der Waals surface area contributed by atoms with Crippen LogP contribution in [0.1, 0.15) is 112 Å². The number of carbonyl (C=O) groups is 1. The van der Waals surface area contributed by atoms with E-state index in [-0.39, 0.29) is 23.8 Å². The van der Waals surface area contributed by atoms with Gasteiger partial charge in [0.05, 0.1) is 12.7 Å². The van der Waals surface area contributed by atoms with Crippen LogP contribution >= 0.6 is 0 Å². The molecule has 0 aromatic rings. The van der Waals surface area contributed by atoms with Crippen molar-refractivity contribution in [3.8, 4) is 0 Å². The third-order valence-corrected chi connectivity index (χ3v) is 13.7. The Labute approximate surface area is 231 Å². The molecule has 4 saturated carbocycles. The summed E-state index contributed by atoms with van der Waals surface area (Å²) in [6, 6.07) is -0.493. The lowest BCUT2D eigenvalue weighted by atomic mass is 9.44. The van der Waals surface area contributed by atoms with Gasteiger partial charge in [-0.2, -0.15) is 0 Å². The topological polar surface area (TPSA) is 70.8 Å². The molecular formula is C33H55NO4. The first-order chi connectivity index (χ1) is 18.0. The van der Waals surface area contributed by atoms with Crippen molar-refractivity contribution in [2.75, 3.05) is 6.61 Å². The molecule has 0 amide bonds. The van der Waals surface area contributed by atoms with E-state index >= 15 is 0 Å². The van der Waals surface area contributed by atoms with Crippen LogP contribution in [-0.2, 0) is 19.0 Å². The lowest BCUT2D eigenvalue weighted by molar-refractivity contribution is -0.273. The van der Waals surface area contributed by atoms with E-state index in [4.69, 9.17) is 19.9 Å². The third kappa shape index (κ3) is 4.06. The molecule has 5 heteroatoms. The maximum Gasteiger partial charge on any atom is 0.323 e. The predicted octanol–water partition coefficient (Wildman–Crippen LogP) is 6.72. The van der Waals surface area contributed by atoms with Crippen molar-refractivity contribution in [1.82, 2.24) is 0 Å². The van der Waals surface area contributed by atoms with Gasteiger partial charge in [0.1, 0.15) is 12.1 Å². The molecule has 14 atom stereocenters. The van der Waals surface area contributed by atoms with Gasteiger partial charge in [-0.1, -0.05) is 48.0 Å². The fourth-order valence-corrected chi connectivity index (χ4v) is 11.1. The Bertz CT molecular complexity index is 899. The van der Waals surface area contributed by atoms with E-state index in [0.717, 1.165) is 50.0 Å². The van der Waals surface area contributed by atoms with Gasteiger partial charge < -0.3 is 19.9 Å². The van der Waals surface area contributed by atoms with Crippen LogP contribution in [0, 0.1) is 58.2 Å². The first kappa shape index (κ1) is 27.5. The minimum Gasteiger partial charge on any atom is -0.461 e. The van der Waals surface area contributed by atoms with Gasteiger partial charge in [0.25, 0.3) is 0 Å². The molecule has 38 heavy (non-hydrogen) atoms. The van der Waals surface area contributed by atoms with Crippen LogP contribution in [0.15, 0.2) is 0 Å². The largest absolute Gasteiger partial charge is 0.461 e. The summed E-state index contributed by atoms with van der Waals surface area (Å²) in [6.07, 6.45) is 13.4. The van der Waals surface area contributed by atoms with Crippen LogP contribution in [-0.4, -0.2) is 36.6 Å². The molecule has 216 valence electrons. The summed E-state index contributed by atoms with van der Waals surface area (Å²) in [5, 5.41) is 0. The molecule has 5 nitrogen and oxygen atoms in total. The normalized spacial score (nSPS) is 53.4. The van der Waals surface area contributed by atoms with E-state index in [2.05, 4.69) is 34.6 Å². The molecule has 0 aromatic carbocycles. The first-order valence-electron chi connectivity index (χ1n) is 16.3. The molecule has 6 fully saturated rings. The van der Waals surface area contributed by atoms with Crippen LogP contribution in [0.25, 0.3) is 0 Å². The first-order valence-corrected chi connectivity index (χ1v) is 16.3. The monoisotopic (exact) mass is 529 g/mol. The van der Waals surface area contributed by atoms with Gasteiger partial charge in [0.15, 0.2) is 5.79 Å². The molecule has 9 unspecified atom stereocenters. The summed E-state index contributed by atoms with van der Waals surface area (Å²) in [5.74, 6) is 4.51. The van der Waals surface area contributed by atoms with E-state index in [9.17, 15) is 4.79 Å². The highest BCUT2D eigenvalue weighted by atomic mass is 16.7. The fraction of sp³-hybridized carbons (Fsp3) is 0.970. The Balaban J connectivity index is 1.13. The maximum atomic E-state index is 12.7. The van der Waals surface area contributed by atoms with Crippen molar-refractivity contribution >= 4 is 5.97 Å². The van der Waals surface area contributed by atoms with Crippen molar-refractivity contribution in [3.63, 3.8) is 0 Å². The van der Waals surface area contributed by atoms with E-state index in [1.54, 1.807) is 0 Å². The van der Waals surface area contributed by atoms with Crippen molar-refractivity contribution in [1.29, 1.82) is 0 Å². The van der Waals surface area contributed by atoms with Gasteiger partial charge in [-0.15, -0.1) is 0 Å². The number of esters is 1. The number of carbonyl (C=O) groups excluding carboxylic acids is 1. The number of ether oxygens (including phenoxy) is 3. The number of fused-ring (bicyclic) bond motifs is 7. The van der Waals surface area contributed by atoms with Gasteiger partial charge in [-0.3, -0.25) is 4.79 Å². The van der Waals surface area contributed by atoms with E-state index < -0.39 is 6.04 Å². The van der Waals surface area contributed by atoms with Crippen LogP contribution in [0.3, 0.4) is 0 Å². The summed E-state index contributed by atoms with van der Waals surface area (Å²) < 4.78 is 19.5. The van der Waals surface area contributed by atoms with Crippen molar-refractivity contribution < 1.29 is 19.0 Å². The van der Waals surface area contributed by atoms with Gasteiger partial charge in [-0.05, 0) is 110 Å². The molecule has 4 aliphatic carbocycles. The van der Waals surface area contributed by atoms with Crippen LogP contribution in [0.5, 0.6) is 0 Å². The van der Waals surface area contributed by atoms with E-state index in [1.165, 1.54) is 44.9 Å². The zero-order valence-electron chi connectivity index (χ0n) is 25.0. The van der Waals surface area contributed by atoms with E-state index in [0.29, 0.717) is 40.6 Å². The Morgan fingerprint density at radius 3 is 2.47 bits per heavy atom. The Kier molecular flexibility index (Phi) is 7.04. The second-order valence-electron chi connectivity index (χ2n) is 15.4. The van der Waals surface area contributed by atoms with Crippen LogP contribution in [0.4, 0.5) is 0 Å². The molecule has 0 aromatic heterocycles. The predicted molar refractivity (Wildman–Crippen MR) is 149 cm³/mol. The summed E-state index contributed by atoms with van der Waals surface area (Å²) in [7, 11) is 0. The quantitative estimate of drug-likeness (QED) is 0.410. The number of rotatable bonds is 4. The Morgan fingerprint density at radius 1 is 1.00 bits per heavy atom. The standard InChI is InChI=1S/C33H55NO4/c1-7-20(3)29(34)30(35)37-23-11-13-31(5)22(16-23)8-9-24-25(31)12-14-32(6)26(24)17-27-28(32)21(4)33(38-27)15-10-19(2)18-36-33/h19-29H,7-18,34H2,1-6H3/t19-,20?,21?,22?,23+,24?,25?,26?,27?,28?,29?,31-,32-,33+/m0/s1. The smallest absolute Gasteiger partial charge is 0.323 e. The van der Waals surface area contributed by atoms with Gasteiger partial charge >= 0.3 is 5.97 Å². The van der Waals surface area contributed by atoms with Crippen LogP contribution < -0.4 is 5.73 Å². The molecule has 0 bridgehead atoms. The molecule has 2 saturated heterocycles. The second kappa shape index (κ2) is 9.72. The zero-order valence-corrected chi connectivity index (χ0v) is 25.0. The van der Waals surface area contributed by atoms with Crippen molar-refractivity contribution in [3.05, 3.63) is 0 Å². The number of hydrogen-bond acceptors (Lipinski definition) is 5. The fourth-order valence-electron chi connectivity index (χ4n) is 11.1. The molecule has 0 radical (unpaired) electrons. The van der Waals surface area contributed by atoms with Crippen LogP contribution in [0.2, 0.25) is 0 Å². The molecule has 6 aliphatic rings. The van der Waals surface area contributed by atoms with Crippen molar-refractivity contribution in [2.45, 2.75) is 136 Å².